The number of hydrogen-bond acceptors (Lipinski definition) is 6. The summed E-state index contributed by atoms with van der Waals surface area (Å²) in [6.07, 6.45) is 6.92. The van der Waals surface area contributed by atoms with Gasteiger partial charge in [0.1, 0.15) is 0 Å². The molecule has 6 heteroatoms. The van der Waals surface area contributed by atoms with Crippen LogP contribution < -0.4 is 4.90 Å². The fourth-order valence-electron chi connectivity index (χ4n) is 4.92. The van der Waals surface area contributed by atoms with Crippen molar-refractivity contribution in [3.8, 4) is 9.75 Å². The lowest BCUT2D eigenvalue weighted by Gasteiger charge is -2.27. The Kier molecular flexibility index (Phi) is 7.30. The van der Waals surface area contributed by atoms with Crippen molar-refractivity contribution in [1.29, 1.82) is 0 Å². The lowest BCUT2D eigenvalue weighted by Crippen LogP contribution is -2.28. The van der Waals surface area contributed by atoms with Crippen molar-refractivity contribution >= 4 is 28.4 Å². The Balaban J connectivity index is 1.54. The molecule has 2 aromatic rings. The van der Waals surface area contributed by atoms with Crippen molar-refractivity contribution in [2.24, 2.45) is 11.8 Å². The number of fused-ring (bicyclic) bond motifs is 1. The molecule has 2 fully saturated rings. The molecule has 0 radical (unpaired) electrons. The fraction of sp³-hybridized carbons (Fsp3) is 0.652. The summed E-state index contributed by atoms with van der Waals surface area (Å²) in [7, 11) is 5.95. The molecule has 0 bridgehead atoms. The van der Waals surface area contributed by atoms with Gasteiger partial charge in [0.15, 0.2) is 0 Å². The first-order valence-corrected chi connectivity index (χ1v) is 12.5. The molecule has 0 spiro atoms. The molecule has 1 saturated carbocycles. The average molecular weight is 435 g/mol. The van der Waals surface area contributed by atoms with E-state index in [2.05, 4.69) is 47.5 Å². The Morgan fingerprint density at radius 3 is 2.76 bits per heavy atom. The highest BCUT2D eigenvalue weighted by Gasteiger charge is 2.43. The second-order valence-electron chi connectivity index (χ2n) is 8.57. The van der Waals surface area contributed by atoms with Gasteiger partial charge < -0.3 is 14.4 Å². The minimum Gasteiger partial charge on any atom is -0.382 e. The van der Waals surface area contributed by atoms with Gasteiger partial charge >= 0.3 is 0 Å². The number of thiophene rings is 2. The molecular formula is C23H34N2O2S2. The van der Waals surface area contributed by atoms with E-state index >= 15 is 0 Å². The van der Waals surface area contributed by atoms with Crippen LogP contribution in [0.1, 0.15) is 43.0 Å². The number of likely N-dealkylation sites (tertiary alicyclic amines) is 1. The molecule has 0 amide bonds. The third-order valence-corrected chi connectivity index (χ3v) is 8.71. The normalized spacial score (nSPS) is 25.1. The summed E-state index contributed by atoms with van der Waals surface area (Å²) in [6.45, 7) is 3.24. The Morgan fingerprint density at radius 1 is 1.10 bits per heavy atom. The number of anilines is 1. The van der Waals surface area contributed by atoms with Gasteiger partial charge in [-0.1, -0.05) is 19.3 Å². The predicted molar refractivity (Wildman–Crippen MR) is 124 cm³/mol. The molecular weight excluding hydrogens is 400 g/mol. The summed E-state index contributed by atoms with van der Waals surface area (Å²) < 4.78 is 11.1. The maximum absolute atomic E-state index is 5.97. The van der Waals surface area contributed by atoms with Crippen molar-refractivity contribution in [2.45, 2.75) is 38.1 Å². The highest BCUT2D eigenvalue weighted by molar-refractivity contribution is 7.21. The van der Waals surface area contributed by atoms with E-state index in [0.29, 0.717) is 19.3 Å². The lowest BCUT2D eigenvalue weighted by molar-refractivity contribution is -0.00619. The third-order valence-electron chi connectivity index (χ3n) is 6.44. The van der Waals surface area contributed by atoms with Crippen molar-refractivity contribution in [1.82, 2.24) is 4.90 Å². The first-order chi connectivity index (χ1) is 14.2. The minimum atomic E-state index is 0.507. The summed E-state index contributed by atoms with van der Waals surface area (Å²) in [5, 5.41) is 2.25. The van der Waals surface area contributed by atoms with E-state index < -0.39 is 0 Å². The number of ether oxygens (including phenoxy) is 2. The van der Waals surface area contributed by atoms with Gasteiger partial charge in [0, 0.05) is 59.5 Å². The zero-order chi connectivity index (χ0) is 20.2. The molecule has 1 aliphatic carbocycles. The van der Waals surface area contributed by atoms with E-state index in [4.69, 9.17) is 9.47 Å². The summed E-state index contributed by atoms with van der Waals surface area (Å²) >= 11 is 3.84. The summed E-state index contributed by atoms with van der Waals surface area (Å²) in [4.78, 5) is 9.08. The Labute approximate surface area is 183 Å². The van der Waals surface area contributed by atoms with Crippen LogP contribution in [0.15, 0.2) is 23.6 Å². The van der Waals surface area contributed by atoms with E-state index in [1.807, 2.05) is 22.7 Å². The average Bonchev–Trinajstić information content (AvgIpc) is 3.41. The maximum Gasteiger partial charge on any atom is 0.0996 e. The van der Waals surface area contributed by atoms with Crippen molar-refractivity contribution in [3.63, 3.8) is 0 Å². The smallest absolute Gasteiger partial charge is 0.0996 e. The van der Waals surface area contributed by atoms with Gasteiger partial charge in [0.25, 0.3) is 0 Å². The number of hydrogen-bond donors (Lipinski definition) is 0. The molecule has 3 atom stereocenters. The van der Waals surface area contributed by atoms with Gasteiger partial charge in [0.2, 0.25) is 0 Å². The van der Waals surface area contributed by atoms with Gasteiger partial charge in [-0.2, -0.15) is 0 Å². The zero-order valence-corrected chi connectivity index (χ0v) is 19.6. The second-order valence-corrected chi connectivity index (χ2v) is 10.6. The van der Waals surface area contributed by atoms with Gasteiger partial charge in [-0.15, -0.1) is 22.7 Å². The number of rotatable bonds is 8. The maximum atomic E-state index is 5.97. The number of methoxy groups -OCH3 is 1. The topological polar surface area (TPSA) is 24.9 Å². The Bertz CT molecular complexity index is 773. The van der Waals surface area contributed by atoms with Crippen LogP contribution in [0, 0.1) is 11.8 Å². The van der Waals surface area contributed by atoms with Crippen LogP contribution in [-0.2, 0) is 9.47 Å². The van der Waals surface area contributed by atoms with Crippen LogP contribution in [0.3, 0.4) is 0 Å². The van der Waals surface area contributed by atoms with Crippen molar-refractivity contribution < 1.29 is 9.47 Å². The first kappa shape index (κ1) is 21.3. The zero-order valence-electron chi connectivity index (χ0n) is 17.9. The monoisotopic (exact) mass is 434 g/mol. The summed E-state index contributed by atoms with van der Waals surface area (Å²) in [5.74, 6) is 1.59. The van der Waals surface area contributed by atoms with E-state index in [1.165, 1.54) is 59.0 Å². The standard InChI is InChI=1S/C23H34N2O2S2/c1-24(2)18-13-22(28-15-18)20-9-10-21(29-20)23-19-8-6-4-5-7-17(19)14-25(23)16-27-12-11-26-3/h9-10,13,15,17,19,23H,4-8,11-12,14,16H2,1-3H3. The number of nitrogens with zero attached hydrogens (tertiary/aromatic N) is 2. The molecule has 4 nitrogen and oxygen atoms in total. The molecule has 3 heterocycles. The van der Waals surface area contributed by atoms with Crippen LogP contribution in [0.5, 0.6) is 0 Å². The van der Waals surface area contributed by atoms with Crippen molar-refractivity contribution in [3.05, 3.63) is 28.5 Å². The predicted octanol–water partition coefficient (Wildman–Crippen LogP) is 5.72. The van der Waals surface area contributed by atoms with Crippen LogP contribution in [0.4, 0.5) is 5.69 Å². The lowest BCUT2D eigenvalue weighted by atomic mass is 9.86. The molecule has 160 valence electrons. The molecule has 29 heavy (non-hydrogen) atoms. The van der Waals surface area contributed by atoms with Gasteiger partial charge in [-0.25, -0.2) is 0 Å². The quantitative estimate of drug-likeness (QED) is 0.496. The summed E-state index contributed by atoms with van der Waals surface area (Å²) in [6, 6.07) is 7.54. The molecule has 3 unspecified atom stereocenters. The van der Waals surface area contributed by atoms with Crippen LogP contribution in [0.2, 0.25) is 0 Å². The second kappa shape index (κ2) is 9.92. The highest BCUT2D eigenvalue weighted by atomic mass is 32.1. The van der Waals surface area contributed by atoms with E-state index in [0.717, 1.165) is 18.6 Å². The SMILES string of the molecule is COCCOCN1CC2CCCCCC2C1c1ccc(-c2cc(N(C)C)cs2)s1. The minimum absolute atomic E-state index is 0.507. The highest BCUT2D eigenvalue weighted by Crippen LogP contribution is 2.49. The fourth-order valence-corrected chi connectivity index (χ4v) is 7.22. The molecule has 2 aromatic heterocycles. The molecule has 4 rings (SSSR count). The Morgan fingerprint density at radius 2 is 1.97 bits per heavy atom. The van der Waals surface area contributed by atoms with Crippen LogP contribution in [0.25, 0.3) is 9.75 Å². The van der Waals surface area contributed by atoms with Crippen LogP contribution >= 0.6 is 22.7 Å². The van der Waals surface area contributed by atoms with E-state index in [-0.39, 0.29) is 0 Å². The van der Waals surface area contributed by atoms with E-state index in [1.54, 1.807) is 7.11 Å². The molecule has 0 N–H and O–H groups in total. The van der Waals surface area contributed by atoms with E-state index in [9.17, 15) is 0 Å². The molecule has 1 aliphatic heterocycles. The van der Waals surface area contributed by atoms with Crippen LogP contribution in [-0.4, -0.2) is 52.6 Å². The van der Waals surface area contributed by atoms with Crippen molar-refractivity contribution in [2.75, 3.05) is 52.6 Å². The molecule has 1 saturated heterocycles. The first-order valence-electron chi connectivity index (χ1n) is 10.8. The Hall–Kier alpha value is -0.920. The van der Waals surface area contributed by atoms with Gasteiger partial charge in [-0.3, -0.25) is 4.90 Å². The summed E-state index contributed by atoms with van der Waals surface area (Å²) in [5.41, 5.74) is 1.29. The molecule has 2 aliphatic rings. The third kappa shape index (κ3) is 4.88. The van der Waals surface area contributed by atoms with Gasteiger partial charge in [0.05, 0.1) is 19.9 Å². The van der Waals surface area contributed by atoms with Gasteiger partial charge in [-0.05, 0) is 42.9 Å². The largest absolute Gasteiger partial charge is 0.382 e. The molecule has 0 aromatic carbocycles.